The van der Waals surface area contributed by atoms with Gasteiger partial charge in [0.1, 0.15) is 34.9 Å². The van der Waals surface area contributed by atoms with Gasteiger partial charge in [0.2, 0.25) is 0 Å². The van der Waals surface area contributed by atoms with Gasteiger partial charge in [-0.15, -0.1) is 0 Å². The topological polar surface area (TPSA) is 97.5 Å². The van der Waals surface area contributed by atoms with Crippen LogP contribution in [0, 0.1) is 5.82 Å². The average Bonchev–Trinajstić information content (AvgIpc) is 3.23. The van der Waals surface area contributed by atoms with Crippen molar-refractivity contribution < 1.29 is 23.4 Å². The number of carboxylic acid groups (broad SMARTS) is 1. The molecule has 1 fully saturated rings. The van der Waals surface area contributed by atoms with Crippen LogP contribution in [-0.4, -0.2) is 33.7 Å². The van der Waals surface area contributed by atoms with Crippen LogP contribution >= 0.6 is 0 Å². The summed E-state index contributed by atoms with van der Waals surface area (Å²) < 4.78 is 25.4. The highest BCUT2D eigenvalue weighted by molar-refractivity contribution is 5.92. The second kappa shape index (κ2) is 8.90. The van der Waals surface area contributed by atoms with Gasteiger partial charge >= 0.3 is 5.97 Å². The lowest BCUT2D eigenvalue weighted by atomic mass is 9.96. The molecule has 0 radical (unpaired) electrons. The molecule has 8 heteroatoms. The number of rotatable bonds is 8. The maximum atomic E-state index is 14.3. The van der Waals surface area contributed by atoms with E-state index in [2.05, 4.69) is 15.3 Å². The van der Waals surface area contributed by atoms with Crippen molar-refractivity contribution >= 4 is 22.8 Å². The third-order valence-electron chi connectivity index (χ3n) is 5.84. The van der Waals surface area contributed by atoms with E-state index in [0.29, 0.717) is 41.4 Å². The smallest absolute Gasteiger partial charge is 0.339 e. The number of fused-ring (bicyclic) bond motifs is 1. The van der Waals surface area contributed by atoms with E-state index in [1.54, 1.807) is 36.6 Å². The van der Waals surface area contributed by atoms with Crippen molar-refractivity contribution in [3.8, 4) is 17.0 Å². The Balaban J connectivity index is 1.30. The number of halogens is 1. The van der Waals surface area contributed by atoms with Crippen molar-refractivity contribution in [3.05, 3.63) is 72.0 Å². The number of aromatic carboxylic acids is 1. The molecule has 2 N–H and O–H groups in total. The molecule has 0 aliphatic heterocycles. The third-order valence-corrected chi connectivity index (χ3v) is 5.84. The first-order chi connectivity index (χ1) is 16.1. The Kier molecular flexibility index (Phi) is 5.64. The molecule has 1 saturated carbocycles. The predicted octanol–water partition coefficient (Wildman–Crippen LogP) is 5.31. The van der Waals surface area contributed by atoms with E-state index >= 15 is 0 Å². The molecule has 2 aromatic heterocycles. The second-order valence-electron chi connectivity index (χ2n) is 8.05. The van der Waals surface area contributed by atoms with E-state index < -0.39 is 5.97 Å². The van der Waals surface area contributed by atoms with Gasteiger partial charge in [-0.05, 0) is 55.5 Å². The maximum Gasteiger partial charge on any atom is 0.339 e. The molecule has 1 aliphatic rings. The molecule has 0 amide bonds. The molecule has 0 bridgehead atoms. The Morgan fingerprint density at radius 1 is 1.18 bits per heavy atom. The summed E-state index contributed by atoms with van der Waals surface area (Å²) in [7, 11) is 0. The fraction of sp³-hybridized carbons (Fsp3) is 0.240. The number of carboxylic acids is 1. The minimum atomic E-state index is -1.03. The van der Waals surface area contributed by atoms with Crippen LogP contribution in [0.25, 0.3) is 22.2 Å². The van der Waals surface area contributed by atoms with Gasteiger partial charge < -0.3 is 19.6 Å². The summed E-state index contributed by atoms with van der Waals surface area (Å²) in [4.78, 5) is 20.1. The SMILES string of the molecule is O=C(O)c1ccc(-c2cc(NCCc3cc4ccoc4cc3F)ncn2)cc1OC1CCC1. The summed E-state index contributed by atoms with van der Waals surface area (Å²) in [5.41, 5.74) is 2.62. The maximum absolute atomic E-state index is 14.3. The number of aromatic nitrogens is 2. The quantitative estimate of drug-likeness (QED) is 0.378. The van der Waals surface area contributed by atoms with E-state index in [1.165, 1.54) is 18.5 Å². The molecule has 33 heavy (non-hydrogen) atoms. The summed E-state index contributed by atoms with van der Waals surface area (Å²) in [6, 6.07) is 11.7. The van der Waals surface area contributed by atoms with Crippen molar-refractivity contribution in [2.24, 2.45) is 0 Å². The van der Waals surface area contributed by atoms with Crippen LogP contribution in [0.2, 0.25) is 0 Å². The van der Waals surface area contributed by atoms with Crippen molar-refractivity contribution in [1.29, 1.82) is 0 Å². The first-order valence-corrected chi connectivity index (χ1v) is 10.8. The molecule has 4 aromatic rings. The highest BCUT2D eigenvalue weighted by Crippen LogP contribution is 2.31. The molecule has 168 valence electrons. The zero-order valence-electron chi connectivity index (χ0n) is 17.8. The number of furan rings is 1. The number of nitrogens with zero attached hydrogens (tertiary/aromatic N) is 2. The van der Waals surface area contributed by atoms with E-state index in [9.17, 15) is 14.3 Å². The van der Waals surface area contributed by atoms with E-state index in [-0.39, 0.29) is 17.5 Å². The molecule has 2 heterocycles. The van der Waals surface area contributed by atoms with Crippen LogP contribution in [0.4, 0.5) is 10.2 Å². The number of hydrogen-bond donors (Lipinski definition) is 2. The number of anilines is 1. The fourth-order valence-electron chi connectivity index (χ4n) is 3.78. The van der Waals surface area contributed by atoms with Gasteiger partial charge in [-0.3, -0.25) is 0 Å². The second-order valence-corrected chi connectivity index (χ2v) is 8.05. The molecule has 0 spiro atoms. The largest absolute Gasteiger partial charge is 0.490 e. The van der Waals surface area contributed by atoms with Crippen molar-refractivity contribution in [2.45, 2.75) is 31.8 Å². The van der Waals surface area contributed by atoms with Gasteiger partial charge in [-0.25, -0.2) is 19.2 Å². The summed E-state index contributed by atoms with van der Waals surface area (Å²) in [6.45, 7) is 0.477. The molecular weight excluding hydrogens is 425 g/mol. The molecule has 0 saturated heterocycles. The molecule has 2 aromatic carbocycles. The number of hydrogen-bond acceptors (Lipinski definition) is 6. The number of nitrogens with one attached hydrogen (secondary N) is 1. The Labute approximate surface area is 189 Å². The van der Waals surface area contributed by atoms with Gasteiger partial charge in [-0.2, -0.15) is 0 Å². The lowest BCUT2D eigenvalue weighted by Gasteiger charge is -2.27. The van der Waals surface area contributed by atoms with Gasteiger partial charge in [0, 0.05) is 29.6 Å². The van der Waals surface area contributed by atoms with Crippen molar-refractivity contribution in [2.75, 3.05) is 11.9 Å². The highest BCUT2D eigenvalue weighted by atomic mass is 19.1. The Hall–Kier alpha value is -3.94. The van der Waals surface area contributed by atoms with Gasteiger partial charge in [0.25, 0.3) is 0 Å². The third kappa shape index (κ3) is 4.50. The summed E-state index contributed by atoms with van der Waals surface area (Å²) in [5.74, 6) is -0.390. The van der Waals surface area contributed by atoms with E-state index in [0.717, 1.165) is 30.2 Å². The van der Waals surface area contributed by atoms with E-state index in [4.69, 9.17) is 9.15 Å². The lowest BCUT2D eigenvalue weighted by Crippen LogP contribution is -2.25. The fourth-order valence-corrected chi connectivity index (χ4v) is 3.78. The summed E-state index contributed by atoms with van der Waals surface area (Å²) in [5, 5.41) is 13.5. The summed E-state index contributed by atoms with van der Waals surface area (Å²) >= 11 is 0. The first-order valence-electron chi connectivity index (χ1n) is 10.8. The Morgan fingerprint density at radius 3 is 2.85 bits per heavy atom. The van der Waals surface area contributed by atoms with Gasteiger partial charge in [0.05, 0.1) is 18.1 Å². The van der Waals surface area contributed by atoms with Crippen molar-refractivity contribution in [3.63, 3.8) is 0 Å². The van der Waals surface area contributed by atoms with Gasteiger partial charge in [0.15, 0.2) is 0 Å². The van der Waals surface area contributed by atoms with Crippen LogP contribution in [0.1, 0.15) is 35.2 Å². The molecule has 5 rings (SSSR count). The van der Waals surface area contributed by atoms with Crippen LogP contribution in [0.3, 0.4) is 0 Å². The number of carbonyl (C=O) groups is 1. The van der Waals surface area contributed by atoms with Crippen LogP contribution in [0.15, 0.2) is 59.5 Å². The van der Waals surface area contributed by atoms with E-state index in [1.807, 2.05) is 0 Å². The monoisotopic (exact) mass is 447 g/mol. The highest BCUT2D eigenvalue weighted by Gasteiger charge is 2.22. The van der Waals surface area contributed by atoms with Crippen LogP contribution in [0.5, 0.6) is 5.75 Å². The molecule has 7 nitrogen and oxygen atoms in total. The van der Waals surface area contributed by atoms with Gasteiger partial charge in [-0.1, -0.05) is 6.07 Å². The van der Waals surface area contributed by atoms with Crippen molar-refractivity contribution in [1.82, 2.24) is 9.97 Å². The zero-order chi connectivity index (χ0) is 22.8. The minimum Gasteiger partial charge on any atom is -0.490 e. The average molecular weight is 447 g/mol. The Morgan fingerprint density at radius 2 is 2.06 bits per heavy atom. The first kappa shape index (κ1) is 20.9. The van der Waals surface area contributed by atoms with Crippen LogP contribution < -0.4 is 10.1 Å². The minimum absolute atomic E-state index is 0.0580. The zero-order valence-corrected chi connectivity index (χ0v) is 17.8. The normalized spacial score (nSPS) is 13.6. The lowest BCUT2D eigenvalue weighted by molar-refractivity contribution is 0.0680. The molecule has 0 unspecified atom stereocenters. The Bertz CT molecular complexity index is 1320. The number of benzene rings is 2. The molecular formula is C25H22FN3O4. The number of ether oxygens (including phenoxy) is 1. The molecule has 0 atom stereocenters. The molecule has 1 aliphatic carbocycles. The van der Waals surface area contributed by atoms with Crippen LogP contribution in [-0.2, 0) is 6.42 Å². The predicted molar refractivity (Wildman–Crippen MR) is 121 cm³/mol. The summed E-state index contributed by atoms with van der Waals surface area (Å²) in [6.07, 6.45) is 6.46. The standard InChI is InChI=1S/C25H22FN3O4/c26-20-12-22-17(7-9-32-22)10-15(20)6-8-27-24-13-21(28-14-29-24)16-4-5-19(25(30)31)23(11-16)33-18-2-1-3-18/h4-5,7,9-14,18H,1-3,6,8H2,(H,30,31)(H,27,28,29).